The molecule has 7 nitrogen and oxygen atoms in total. The van der Waals surface area contributed by atoms with Crippen LogP contribution in [0.4, 0.5) is 0 Å². The van der Waals surface area contributed by atoms with Crippen LogP contribution in [0.15, 0.2) is 42.5 Å². The second-order valence-electron chi connectivity index (χ2n) is 13.2. The minimum atomic E-state index is 0.172. The Morgan fingerprint density at radius 1 is 0.976 bits per heavy atom. The summed E-state index contributed by atoms with van der Waals surface area (Å²) in [5.41, 5.74) is 7.26. The number of hydrogen-bond acceptors (Lipinski definition) is 6. The summed E-state index contributed by atoms with van der Waals surface area (Å²) in [5, 5.41) is 4.73. The van der Waals surface area contributed by atoms with E-state index in [2.05, 4.69) is 45.4 Å². The number of fused-ring (bicyclic) bond motifs is 2. The molecule has 42 heavy (non-hydrogen) atoms. The summed E-state index contributed by atoms with van der Waals surface area (Å²) in [6.07, 6.45) is 8.13. The van der Waals surface area contributed by atoms with E-state index in [0.717, 1.165) is 94.9 Å². The van der Waals surface area contributed by atoms with Crippen molar-refractivity contribution in [2.45, 2.75) is 82.0 Å². The van der Waals surface area contributed by atoms with Crippen molar-refractivity contribution in [3.63, 3.8) is 0 Å². The summed E-state index contributed by atoms with van der Waals surface area (Å²) >= 11 is 0. The Morgan fingerprint density at radius 2 is 1.88 bits per heavy atom. The number of pyridine rings is 1. The van der Waals surface area contributed by atoms with Crippen LogP contribution in [0, 0.1) is 0 Å². The SMILES string of the molecule is O=C1c2ccc(O[C@H]3CCN(Cc4cc(C5CC5)c5nc(C6CCOCC6)ccc5c4)C3)cc2CN1[C@H]1CCCNC1. The van der Waals surface area contributed by atoms with Gasteiger partial charge in [0.05, 0.1) is 5.52 Å². The van der Waals surface area contributed by atoms with Gasteiger partial charge in [0.1, 0.15) is 11.9 Å². The van der Waals surface area contributed by atoms with Crippen LogP contribution in [0.25, 0.3) is 10.9 Å². The Balaban J connectivity index is 0.930. The number of amides is 1. The Hall–Kier alpha value is -3.00. The molecule has 0 bridgehead atoms. The molecule has 3 aromatic rings. The highest BCUT2D eigenvalue weighted by Crippen LogP contribution is 2.44. The largest absolute Gasteiger partial charge is 0.489 e. The molecule has 0 spiro atoms. The summed E-state index contributed by atoms with van der Waals surface area (Å²) in [4.78, 5) is 22.9. The predicted octanol–water partition coefficient (Wildman–Crippen LogP) is 5.37. The topological polar surface area (TPSA) is 66.9 Å². The quantitative estimate of drug-likeness (QED) is 0.415. The number of carbonyl (C=O) groups excluding carboxylic acids is 1. The van der Waals surface area contributed by atoms with Crippen molar-refractivity contribution in [2.75, 3.05) is 39.4 Å². The lowest BCUT2D eigenvalue weighted by molar-refractivity contribution is 0.0674. The summed E-state index contributed by atoms with van der Waals surface area (Å²) in [7, 11) is 0. The highest BCUT2D eigenvalue weighted by atomic mass is 16.5. The van der Waals surface area contributed by atoms with Crippen LogP contribution in [0.1, 0.15) is 89.5 Å². The monoisotopic (exact) mass is 566 g/mol. The first-order chi connectivity index (χ1) is 20.7. The van der Waals surface area contributed by atoms with Gasteiger partial charge >= 0.3 is 0 Å². The van der Waals surface area contributed by atoms with E-state index in [9.17, 15) is 4.79 Å². The van der Waals surface area contributed by atoms with Gasteiger partial charge < -0.3 is 19.7 Å². The smallest absolute Gasteiger partial charge is 0.254 e. The molecule has 2 aromatic carbocycles. The van der Waals surface area contributed by atoms with Crippen molar-refractivity contribution >= 4 is 16.8 Å². The molecule has 3 saturated heterocycles. The number of carbonyl (C=O) groups is 1. The lowest BCUT2D eigenvalue weighted by Gasteiger charge is -2.31. The zero-order chi connectivity index (χ0) is 28.0. The molecule has 220 valence electrons. The number of ether oxygens (including phenoxy) is 2. The maximum Gasteiger partial charge on any atom is 0.254 e. The number of aromatic nitrogens is 1. The van der Waals surface area contributed by atoms with E-state index in [1.807, 2.05) is 12.1 Å². The van der Waals surface area contributed by atoms with E-state index in [1.165, 1.54) is 40.6 Å². The third-order valence-electron chi connectivity index (χ3n) is 10.1. The molecule has 7 heteroatoms. The number of likely N-dealkylation sites (tertiary alicyclic amines) is 1. The van der Waals surface area contributed by atoms with Crippen LogP contribution in [-0.2, 0) is 17.8 Å². The minimum Gasteiger partial charge on any atom is -0.489 e. The van der Waals surface area contributed by atoms with Gasteiger partial charge in [0, 0.05) is 74.5 Å². The van der Waals surface area contributed by atoms with Gasteiger partial charge in [0.15, 0.2) is 0 Å². The minimum absolute atomic E-state index is 0.172. The Labute approximate surface area is 248 Å². The average Bonchev–Trinajstić information content (AvgIpc) is 3.71. The maximum absolute atomic E-state index is 13.1. The van der Waals surface area contributed by atoms with Crippen molar-refractivity contribution in [1.82, 2.24) is 20.1 Å². The third-order valence-corrected chi connectivity index (χ3v) is 10.1. The molecule has 1 aliphatic carbocycles. The zero-order valence-corrected chi connectivity index (χ0v) is 24.5. The fourth-order valence-electron chi connectivity index (χ4n) is 7.63. The van der Waals surface area contributed by atoms with E-state index >= 15 is 0 Å². The van der Waals surface area contributed by atoms with Crippen LogP contribution in [0.3, 0.4) is 0 Å². The number of rotatable bonds is 7. The lowest BCUT2D eigenvalue weighted by Crippen LogP contribution is -2.46. The first-order valence-corrected chi connectivity index (χ1v) is 16.2. The fraction of sp³-hybridized carbons (Fsp3) is 0.543. The van der Waals surface area contributed by atoms with Gasteiger partial charge in [0.2, 0.25) is 0 Å². The number of benzene rings is 2. The molecule has 1 amide bonds. The molecule has 0 unspecified atom stereocenters. The number of nitrogens with one attached hydrogen (secondary N) is 1. The maximum atomic E-state index is 13.1. The van der Waals surface area contributed by atoms with Gasteiger partial charge in [-0.15, -0.1) is 0 Å². The molecule has 1 N–H and O–H groups in total. The molecule has 1 saturated carbocycles. The van der Waals surface area contributed by atoms with E-state index in [1.54, 1.807) is 0 Å². The van der Waals surface area contributed by atoms with Crippen molar-refractivity contribution in [2.24, 2.45) is 0 Å². The van der Waals surface area contributed by atoms with Gasteiger partial charge in [-0.25, -0.2) is 0 Å². The molecular formula is C35H42N4O3. The van der Waals surface area contributed by atoms with Crippen molar-refractivity contribution in [3.8, 4) is 5.75 Å². The van der Waals surface area contributed by atoms with Crippen molar-refractivity contribution in [3.05, 3.63) is 70.4 Å². The van der Waals surface area contributed by atoms with E-state index in [-0.39, 0.29) is 12.0 Å². The molecule has 1 aromatic heterocycles. The highest BCUT2D eigenvalue weighted by molar-refractivity contribution is 5.98. The van der Waals surface area contributed by atoms with Crippen LogP contribution in [0.2, 0.25) is 0 Å². The summed E-state index contributed by atoms with van der Waals surface area (Å²) < 4.78 is 12.1. The first-order valence-electron chi connectivity index (χ1n) is 16.2. The summed E-state index contributed by atoms with van der Waals surface area (Å²) in [6.45, 7) is 7.26. The molecule has 2 atom stereocenters. The van der Waals surface area contributed by atoms with Gasteiger partial charge in [-0.2, -0.15) is 0 Å². The molecule has 0 radical (unpaired) electrons. The van der Waals surface area contributed by atoms with Gasteiger partial charge in [-0.1, -0.05) is 12.1 Å². The predicted molar refractivity (Wildman–Crippen MR) is 163 cm³/mol. The standard InChI is InChI=1S/C35H42N4O3/c40-35-31-7-6-29(18-27(31)21-39(35)28-2-1-12-36-19-28)42-30-9-13-38(22-30)20-23-16-26-5-8-33(25-10-14-41-15-11-25)37-34(26)32(17-23)24-3-4-24/h5-8,16-18,24-25,28,30,36H,1-4,9-15,19-22H2/t28-,30-/m0/s1. The second-order valence-corrected chi connectivity index (χ2v) is 13.2. The van der Waals surface area contributed by atoms with Crippen LogP contribution >= 0.6 is 0 Å². The lowest BCUT2D eigenvalue weighted by atomic mass is 9.94. The van der Waals surface area contributed by atoms with Gasteiger partial charge in [0.25, 0.3) is 5.91 Å². The molecule has 5 aliphatic rings. The Morgan fingerprint density at radius 3 is 2.71 bits per heavy atom. The third kappa shape index (κ3) is 5.31. The van der Waals surface area contributed by atoms with E-state index in [0.29, 0.717) is 24.4 Å². The number of nitrogens with zero attached hydrogens (tertiary/aromatic N) is 3. The van der Waals surface area contributed by atoms with Crippen molar-refractivity contribution in [1.29, 1.82) is 0 Å². The Bertz CT molecular complexity index is 1470. The molecule has 4 fully saturated rings. The number of piperidine rings is 1. The van der Waals surface area contributed by atoms with E-state index < -0.39 is 0 Å². The Kier molecular flexibility index (Phi) is 7.13. The molecule has 5 heterocycles. The highest BCUT2D eigenvalue weighted by Gasteiger charge is 2.34. The normalized spacial score (nSPS) is 25.3. The van der Waals surface area contributed by atoms with Crippen LogP contribution in [0.5, 0.6) is 5.75 Å². The molecule has 4 aliphatic heterocycles. The van der Waals surface area contributed by atoms with Crippen LogP contribution in [-0.4, -0.2) is 72.2 Å². The molecular weight excluding hydrogens is 524 g/mol. The number of hydrogen-bond donors (Lipinski definition) is 1. The summed E-state index contributed by atoms with van der Waals surface area (Å²) in [6, 6.07) is 15.8. The van der Waals surface area contributed by atoms with Gasteiger partial charge in [-0.05, 0) is 104 Å². The first kappa shape index (κ1) is 26.6. The van der Waals surface area contributed by atoms with E-state index in [4.69, 9.17) is 14.5 Å². The van der Waals surface area contributed by atoms with Crippen molar-refractivity contribution < 1.29 is 14.3 Å². The van der Waals surface area contributed by atoms with Gasteiger partial charge in [-0.3, -0.25) is 14.7 Å². The fourth-order valence-corrected chi connectivity index (χ4v) is 7.63. The van der Waals surface area contributed by atoms with Crippen LogP contribution < -0.4 is 10.1 Å². The molecule has 8 rings (SSSR count). The second kappa shape index (κ2) is 11.3. The summed E-state index contributed by atoms with van der Waals surface area (Å²) in [5.74, 6) is 2.26. The average molecular weight is 567 g/mol. The zero-order valence-electron chi connectivity index (χ0n) is 24.5.